The molecule has 19 heavy (non-hydrogen) atoms. The first-order chi connectivity index (χ1) is 9.08. The van der Waals surface area contributed by atoms with Crippen LogP contribution < -0.4 is 5.32 Å². The Bertz CT molecular complexity index is 540. The Balaban J connectivity index is 2.10. The smallest absolute Gasteiger partial charge is 0.0468 e. The van der Waals surface area contributed by atoms with Crippen LogP contribution in [0.3, 0.4) is 0 Å². The first-order valence-corrected chi connectivity index (χ1v) is 7.09. The van der Waals surface area contributed by atoms with Gasteiger partial charge < -0.3 is 5.32 Å². The van der Waals surface area contributed by atoms with Gasteiger partial charge in [-0.05, 0) is 37.1 Å². The molecule has 1 unspecified atom stereocenters. The summed E-state index contributed by atoms with van der Waals surface area (Å²) >= 11 is 12.1. The Hall–Kier alpha value is -1.02. The maximum atomic E-state index is 6.23. The zero-order chi connectivity index (χ0) is 13.8. The quantitative estimate of drug-likeness (QED) is 0.795. The van der Waals surface area contributed by atoms with E-state index in [4.69, 9.17) is 23.2 Å². The lowest BCUT2D eigenvalue weighted by Crippen LogP contribution is -2.22. The minimum absolute atomic E-state index is 0.167. The fraction of sp³-hybridized carbons (Fsp3) is 0.250. The molecule has 2 rings (SSSR count). The highest BCUT2D eigenvalue weighted by Gasteiger charge is 2.13. The lowest BCUT2D eigenvalue weighted by Gasteiger charge is -2.21. The van der Waals surface area contributed by atoms with E-state index in [0.717, 1.165) is 5.56 Å². The molecular weight excluding hydrogens is 277 g/mol. The minimum atomic E-state index is 0.167. The van der Waals surface area contributed by atoms with Gasteiger partial charge in [-0.15, -0.1) is 0 Å². The van der Waals surface area contributed by atoms with Crippen molar-refractivity contribution < 1.29 is 0 Å². The van der Waals surface area contributed by atoms with Gasteiger partial charge in [-0.2, -0.15) is 0 Å². The van der Waals surface area contributed by atoms with E-state index in [1.807, 2.05) is 30.3 Å². The summed E-state index contributed by atoms with van der Waals surface area (Å²) in [6.07, 6.45) is 0. The van der Waals surface area contributed by atoms with Crippen LogP contribution in [0.15, 0.2) is 48.5 Å². The van der Waals surface area contributed by atoms with Crippen molar-refractivity contribution in [1.82, 2.24) is 5.32 Å². The number of nitrogens with one attached hydrogen (secondary N) is 1. The van der Waals surface area contributed by atoms with Gasteiger partial charge >= 0.3 is 0 Å². The predicted octanol–water partition coefficient (Wildman–Crippen LogP) is 5.41. The van der Waals surface area contributed by atoms with Crippen molar-refractivity contribution in [3.63, 3.8) is 0 Å². The van der Waals surface area contributed by atoms with Crippen LogP contribution in [0.4, 0.5) is 0 Å². The SMILES string of the molecule is CC(N[C@H](C)c1ccccc1)c1ccc(Cl)cc1Cl. The van der Waals surface area contributed by atoms with Gasteiger partial charge in [0.2, 0.25) is 0 Å². The van der Waals surface area contributed by atoms with Crippen molar-refractivity contribution in [3.8, 4) is 0 Å². The molecule has 0 saturated heterocycles. The van der Waals surface area contributed by atoms with Gasteiger partial charge in [-0.3, -0.25) is 0 Å². The zero-order valence-corrected chi connectivity index (χ0v) is 12.5. The standard InChI is InChI=1S/C16H17Cl2N/c1-11(13-6-4-3-5-7-13)19-12(2)15-9-8-14(17)10-16(15)18/h3-12,19H,1-2H3/t11-,12?/m1/s1. The van der Waals surface area contributed by atoms with Gasteiger partial charge in [-0.1, -0.05) is 59.6 Å². The molecule has 0 aliphatic carbocycles. The Morgan fingerprint density at radius 1 is 0.895 bits per heavy atom. The fourth-order valence-electron chi connectivity index (χ4n) is 2.16. The molecule has 0 radical (unpaired) electrons. The summed E-state index contributed by atoms with van der Waals surface area (Å²) in [5, 5.41) is 4.91. The molecule has 3 heteroatoms. The lowest BCUT2D eigenvalue weighted by atomic mass is 10.0. The van der Waals surface area contributed by atoms with E-state index in [0.29, 0.717) is 10.0 Å². The van der Waals surface area contributed by atoms with Crippen LogP contribution in [-0.4, -0.2) is 0 Å². The average Bonchev–Trinajstić information content (AvgIpc) is 2.39. The molecule has 0 bridgehead atoms. The third-order valence-electron chi connectivity index (χ3n) is 3.23. The highest BCUT2D eigenvalue weighted by atomic mass is 35.5. The van der Waals surface area contributed by atoms with Gasteiger partial charge in [0.1, 0.15) is 0 Å². The Kier molecular flexibility index (Phi) is 4.87. The van der Waals surface area contributed by atoms with Crippen molar-refractivity contribution in [3.05, 3.63) is 69.7 Å². The van der Waals surface area contributed by atoms with Crippen molar-refractivity contribution in [2.45, 2.75) is 25.9 Å². The number of hydrogen-bond acceptors (Lipinski definition) is 1. The van der Waals surface area contributed by atoms with Crippen molar-refractivity contribution >= 4 is 23.2 Å². The monoisotopic (exact) mass is 293 g/mol. The van der Waals surface area contributed by atoms with E-state index in [1.165, 1.54) is 5.56 Å². The molecule has 2 atom stereocenters. The summed E-state index contributed by atoms with van der Waals surface area (Å²) in [6.45, 7) is 4.25. The van der Waals surface area contributed by atoms with E-state index >= 15 is 0 Å². The van der Waals surface area contributed by atoms with E-state index in [-0.39, 0.29) is 12.1 Å². The van der Waals surface area contributed by atoms with Gasteiger partial charge in [0.05, 0.1) is 0 Å². The van der Waals surface area contributed by atoms with Gasteiger partial charge in [0, 0.05) is 22.1 Å². The molecule has 0 saturated carbocycles. The molecular formula is C16H17Cl2N. The van der Waals surface area contributed by atoms with Crippen LogP contribution in [-0.2, 0) is 0 Å². The normalized spacial score (nSPS) is 14.1. The molecule has 0 heterocycles. The number of rotatable bonds is 4. The summed E-state index contributed by atoms with van der Waals surface area (Å²) in [7, 11) is 0. The van der Waals surface area contributed by atoms with Crippen molar-refractivity contribution in [2.24, 2.45) is 0 Å². The fourth-order valence-corrected chi connectivity index (χ4v) is 2.73. The molecule has 0 fully saturated rings. The second kappa shape index (κ2) is 6.42. The highest BCUT2D eigenvalue weighted by molar-refractivity contribution is 6.35. The van der Waals surface area contributed by atoms with Crippen LogP contribution in [0, 0.1) is 0 Å². The molecule has 0 aliphatic heterocycles. The number of benzene rings is 2. The molecule has 0 aromatic heterocycles. The first-order valence-electron chi connectivity index (χ1n) is 6.34. The Labute approximate surface area is 124 Å². The maximum Gasteiger partial charge on any atom is 0.0468 e. The maximum absolute atomic E-state index is 6.23. The number of hydrogen-bond donors (Lipinski definition) is 1. The third-order valence-corrected chi connectivity index (χ3v) is 3.79. The van der Waals surface area contributed by atoms with Crippen LogP contribution in [0.2, 0.25) is 10.0 Å². The second-order valence-electron chi connectivity index (χ2n) is 4.69. The highest BCUT2D eigenvalue weighted by Crippen LogP contribution is 2.27. The van der Waals surface area contributed by atoms with Crippen LogP contribution >= 0.6 is 23.2 Å². The summed E-state index contributed by atoms with van der Waals surface area (Å²) in [6, 6.07) is 16.4. The van der Waals surface area contributed by atoms with Gasteiger partial charge in [0.15, 0.2) is 0 Å². The van der Waals surface area contributed by atoms with E-state index in [1.54, 1.807) is 6.07 Å². The molecule has 0 spiro atoms. The largest absolute Gasteiger partial charge is 0.304 e. The molecule has 1 N–H and O–H groups in total. The Morgan fingerprint density at radius 2 is 1.58 bits per heavy atom. The second-order valence-corrected chi connectivity index (χ2v) is 5.53. The zero-order valence-electron chi connectivity index (χ0n) is 11.0. The topological polar surface area (TPSA) is 12.0 Å². The van der Waals surface area contributed by atoms with Crippen molar-refractivity contribution in [1.29, 1.82) is 0 Å². The molecule has 2 aromatic carbocycles. The molecule has 2 aromatic rings. The molecule has 0 aliphatic rings. The van der Waals surface area contributed by atoms with E-state index in [9.17, 15) is 0 Å². The van der Waals surface area contributed by atoms with Gasteiger partial charge in [0.25, 0.3) is 0 Å². The summed E-state index contributed by atoms with van der Waals surface area (Å²) in [4.78, 5) is 0. The number of halogens is 2. The van der Waals surface area contributed by atoms with Crippen LogP contribution in [0.1, 0.15) is 37.1 Å². The molecule has 1 nitrogen and oxygen atoms in total. The Morgan fingerprint density at radius 3 is 2.21 bits per heavy atom. The molecule has 100 valence electrons. The van der Waals surface area contributed by atoms with Crippen LogP contribution in [0.5, 0.6) is 0 Å². The van der Waals surface area contributed by atoms with E-state index in [2.05, 4.69) is 31.3 Å². The first kappa shape index (κ1) is 14.4. The van der Waals surface area contributed by atoms with E-state index < -0.39 is 0 Å². The van der Waals surface area contributed by atoms with Crippen molar-refractivity contribution in [2.75, 3.05) is 0 Å². The molecule has 0 amide bonds. The lowest BCUT2D eigenvalue weighted by molar-refractivity contribution is 0.495. The summed E-state index contributed by atoms with van der Waals surface area (Å²) in [5.74, 6) is 0. The third kappa shape index (κ3) is 3.73. The van der Waals surface area contributed by atoms with Crippen LogP contribution in [0.25, 0.3) is 0 Å². The summed E-state index contributed by atoms with van der Waals surface area (Å²) < 4.78 is 0. The minimum Gasteiger partial charge on any atom is -0.304 e. The predicted molar refractivity (Wildman–Crippen MR) is 82.9 cm³/mol. The van der Waals surface area contributed by atoms with Gasteiger partial charge in [-0.25, -0.2) is 0 Å². The summed E-state index contributed by atoms with van der Waals surface area (Å²) in [5.41, 5.74) is 2.33. The average molecular weight is 294 g/mol.